The number of anilines is 2. The summed E-state index contributed by atoms with van der Waals surface area (Å²) in [4.78, 5) is 110. The van der Waals surface area contributed by atoms with E-state index in [1.165, 1.54) is 50.0 Å². The Hall–Kier alpha value is -6.47. The Morgan fingerprint density at radius 1 is 0.658 bits per heavy atom. The molecular formula is C55H80N10O11S3. The predicted octanol–water partition coefficient (Wildman–Crippen LogP) is 5.88. The van der Waals surface area contributed by atoms with Crippen LogP contribution in [-0.2, 0) is 56.2 Å². The van der Waals surface area contributed by atoms with Crippen molar-refractivity contribution in [1.82, 2.24) is 25.3 Å². The van der Waals surface area contributed by atoms with Crippen molar-refractivity contribution in [3.05, 3.63) is 96.1 Å². The van der Waals surface area contributed by atoms with Crippen molar-refractivity contribution in [1.29, 1.82) is 5.41 Å². The van der Waals surface area contributed by atoms with Crippen LogP contribution in [0.4, 0.5) is 21.0 Å². The number of amides is 9. The van der Waals surface area contributed by atoms with Crippen molar-refractivity contribution < 1.29 is 52.6 Å². The van der Waals surface area contributed by atoms with E-state index in [9.17, 15) is 43.2 Å². The lowest BCUT2D eigenvalue weighted by Crippen LogP contribution is -2.39. The molecule has 1 aliphatic carbocycles. The van der Waals surface area contributed by atoms with Crippen LogP contribution in [0.3, 0.4) is 0 Å². The van der Waals surface area contributed by atoms with E-state index in [1.807, 2.05) is 18.4 Å². The third-order valence-corrected chi connectivity index (χ3v) is 14.9. The third-order valence-electron chi connectivity index (χ3n) is 12.1. The molecule has 0 spiro atoms. The normalized spacial score (nSPS) is 17.8. The number of benzene rings is 2. The molecule has 3 fully saturated rings. The van der Waals surface area contributed by atoms with Gasteiger partial charge in [-0.05, 0) is 104 Å². The average molecular weight is 1150 g/mol. The highest BCUT2D eigenvalue weighted by Gasteiger charge is 2.39. The zero-order valence-corrected chi connectivity index (χ0v) is 47.6. The summed E-state index contributed by atoms with van der Waals surface area (Å²) in [5, 5.41) is 14.3. The molecular weight excluding hydrogens is 1070 g/mol. The molecule has 3 heterocycles. The van der Waals surface area contributed by atoms with Crippen LogP contribution in [0.15, 0.2) is 85.0 Å². The lowest BCUT2D eigenvalue weighted by atomic mass is 9.91. The number of carbonyl (C=O) groups is 9. The maximum absolute atomic E-state index is 12.7. The number of allylic oxidation sites excluding steroid dienone is 5. The molecule has 3 aliphatic heterocycles. The number of rotatable bonds is 23. The Morgan fingerprint density at radius 2 is 1.08 bits per heavy atom. The molecule has 0 bridgehead atoms. The molecule has 4 aliphatic rings. The number of nitrogens with one attached hydrogen (secondary N) is 4. The van der Waals surface area contributed by atoms with Gasteiger partial charge in [0, 0.05) is 75.8 Å². The summed E-state index contributed by atoms with van der Waals surface area (Å²) in [5.74, 6) is -0.616. The van der Waals surface area contributed by atoms with Crippen LogP contribution in [0.5, 0.6) is 0 Å². The van der Waals surface area contributed by atoms with E-state index in [0.29, 0.717) is 49.1 Å². The molecule has 3 unspecified atom stereocenters. The first-order valence-electron chi connectivity index (χ1n) is 25.5. The van der Waals surface area contributed by atoms with Gasteiger partial charge in [-0.2, -0.15) is 35.3 Å². The molecule has 434 valence electrons. The van der Waals surface area contributed by atoms with Gasteiger partial charge in [-0.25, -0.2) is 9.59 Å². The van der Waals surface area contributed by atoms with Gasteiger partial charge in [-0.15, -0.1) is 0 Å². The van der Waals surface area contributed by atoms with Crippen LogP contribution in [0, 0.1) is 17.2 Å². The fraction of sp³-hybridized carbons (Fsp3) is 0.491. The number of thioether (sulfide) groups is 3. The van der Waals surface area contributed by atoms with Gasteiger partial charge >= 0.3 is 12.2 Å². The van der Waals surface area contributed by atoms with Gasteiger partial charge < -0.3 is 48.0 Å². The second kappa shape index (κ2) is 36.7. The number of alkyl carbamates (subject to hydrolysis) is 2. The molecule has 3 saturated heterocycles. The van der Waals surface area contributed by atoms with E-state index in [1.54, 1.807) is 73.2 Å². The fourth-order valence-corrected chi connectivity index (χ4v) is 9.71. The molecule has 2 aromatic carbocycles. The number of imide groups is 3. The second-order valence-corrected chi connectivity index (χ2v) is 21.6. The molecule has 0 radical (unpaired) electrons. The number of ether oxygens (including phenoxy) is 2. The number of likely N-dealkylation sites (tertiary alicyclic amines) is 3. The molecule has 4 atom stereocenters. The van der Waals surface area contributed by atoms with Crippen molar-refractivity contribution in [2.75, 3.05) is 75.6 Å². The summed E-state index contributed by atoms with van der Waals surface area (Å²) in [6, 6.07) is 14.1. The zero-order chi connectivity index (χ0) is 57.7. The summed E-state index contributed by atoms with van der Waals surface area (Å²) < 4.78 is 10.3. The minimum atomic E-state index is -0.628. The largest absolute Gasteiger partial charge is 0.445 e. The first kappa shape index (κ1) is 68.6. The van der Waals surface area contributed by atoms with E-state index < -0.39 is 12.2 Å². The highest BCUT2D eigenvalue weighted by atomic mass is 32.2. The predicted molar refractivity (Wildman–Crippen MR) is 315 cm³/mol. The number of carbonyl (C=O) groups excluding carboxylic acids is 9. The van der Waals surface area contributed by atoms with Crippen LogP contribution < -0.4 is 33.2 Å². The van der Waals surface area contributed by atoms with Crippen LogP contribution >= 0.6 is 35.3 Å². The first-order valence-corrected chi connectivity index (χ1v) is 29.3. The van der Waals surface area contributed by atoms with Crippen molar-refractivity contribution in [2.45, 2.75) is 95.2 Å². The number of unbranched alkanes of at least 4 members (excludes halogenated alkanes) is 1. The molecule has 24 heteroatoms. The molecule has 79 heavy (non-hydrogen) atoms. The highest BCUT2D eigenvalue weighted by molar-refractivity contribution is 8.00. The van der Waals surface area contributed by atoms with Crippen LogP contribution in [0.25, 0.3) is 0 Å². The summed E-state index contributed by atoms with van der Waals surface area (Å²) >= 11 is 4.14. The van der Waals surface area contributed by atoms with Crippen LogP contribution in [0.2, 0.25) is 0 Å². The lowest BCUT2D eigenvalue weighted by molar-refractivity contribution is -0.139. The van der Waals surface area contributed by atoms with E-state index >= 15 is 0 Å². The average Bonchev–Trinajstić information content (AvgIpc) is 3.98. The molecule has 9 amide bonds. The van der Waals surface area contributed by atoms with Crippen molar-refractivity contribution >= 4 is 106 Å². The lowest BCUT2D eigenvalue weighted by Gasteiger charge is -2.19. The zero-order valence-electron chi connectivity index (χ0n) is 45.1. The minimum absolute atomic E-state index is 0. The topological polar surface area (TPSA) is 320 Å². The smallest absolute Gasteiger partial charge is 0.407 e. The second-order valence-electron chi connectivity index (χ2n) is 18.5. The summed E-state index contributed by atoms with van der Waals surface area (Å²) in [5.41, 5.74) is 20.8. The Kier molecular flexibility index (Phi) is 31.8. The Balaban J connectivity index is 0.000000410. The Morgan fingerprint density at radius 3 is 1.44 bits per heavy atom. The fourth-order valence-electron chi connectivity index (χ4n) is 7.79. The third kappa shape index (κ3) is 24.2. The van der Waals surface area contributed by atoms with E-state index in [-0.39, 0.29) is 123 Å². The van der Waals surface area contributed by atoms with Crippen molar-refractivity contribution in [3.63, 3.8) is 0 Å². The van der Waals surface area contributed by atoms with Gasteiger partial charge in [0.1, 0.15) is 13.2 Å². The Labute approximate surface area is 477 Å². The van der Waals surface area contributed by atoms with Crippen LogP contribution in [-0.4, -0.2) is 154 Å². The number of hydrogen-bond donors (Lipinski definition) is 7. The number of nitrogen functional groups attached to an aromatic ring is 1. The maximum Gasteiger partial charge on any atom is 0.407 e. The van der Waals surface area contributed by atoms with Crippen molar-refractivity contribution in [3.8, 4) is 0 Å². The van der Waals surface area contributed by atoms with Crippen molar-refractivity contribution in [2.24, 2.45) is 23.3 Å². The Bertz CT molecular complexity index is 2420. The quantitative estimate of drug-likeness (QED) is 0.0388. The number of nitrogens with zero attached hydrogens (tertiary/aromatic N) is 3. The molecule has 0 aromatic heterocycles. The van der Waals surface area contributed by atoms with E-state index in [0.717, 1.165) is 42.4 Å². The summed E-state index contributed by atoms with van der Waals surface area (Å²) in [7, 11) is 0. The van der Waals surface area contributed by atoms with Gasteiger partial charge in [0.2, 0.25) is 41.4 Å². The SMILES string of the molecule is C.C=C1C=CC(=N)C=C1.CSC1CC(=O)N(CCN)C1=O.CSC1CC(=O)N(CCNC(=O)OCc2ccc(N)cc2)C1=O.CSC1CC(=O)N(CCNC(=O)OCc2ccc(NC(=O)[C@H](CCCCN)CC(C)C)cc2)C1=O. The molecule has 10 N–H and O–H groups in total. The van der Waals surface area contributed by atoms with Gasteiger partial charge in [0.15, 0.2) is 0 Å². The van der Waals surface area contributed by atoms with Gasteiger partial charge in [-0.1, -0.05) is 70.7 Å². The first-order chi connectivity index (χ1) is 37.2. The van der Waals surface area contributed by atoms with Gasteiger partial charge in [0.25, 0.3) is 0 Å². The van der Waals surface area contributed by atoms with E-state index in [2.05, 4.69) is 36.4 Å². The molecule has 0 saturated carbocycles. The summed E-state index contributed by atoms with van der Waals surface area (Å²) in [6.45, 7) is 10.0. The van der Waals surface area contributed by atoms with Crippen LogP contribution in [0.1, 0.15) is 77.3 Å². The summed E-state index contributed by atoms with van der Waals surface area (Å²) in [6.07, 6.45) is 15.6. The van der Waals surface area contributed by atoms with Gasteiger partial charge in [0.05, 0.1) is 21.5 Å². The number of hydrogen-bond acceptors (Lipinski definition) is 18. The maximum atomic E-state index is 12.7. The molecule has 2 aromatic rings. The van der Waals surface area contributed by atoms with Gasteiger partial charge in [-0.3, -0.25) is 48.3 Å². The number of nitrogens with two attached hydrogens (primary N) is 3. The standard InChI is InChI=1S/C25H38N4O5S.C15H19N3O4S.C7H12N2O2S.C7H7N.CH4/c1-17(2)14-19(6-4-5-11-26)23(31)28-20-9-7-18(8-10-20)16-34-25(33)27-12-13-29-22(30)15-21(35-3)24(29)32;1-23-12-8-13(19)18(14(12)20)7-6-17-15(21)22-9-10-2-4-11(16)5-3-10;1-12-5-4-6(10)9(3-2-8)7(5)11;1-6-2-4-7(8)5-3-6;/h7-10,17,19,21H,4-6,11-16,26H2,1-3H3,(H,27,33)(H,28,31);2-5,12H,6-9,16H2,1H3,(H,17,21);5H,2-4,8H2,1H3;2-5,8H,1H2;1H4/t19-,21?;;;;/m1..../s1. The molecule has 21 nitrogen and oxygen atoms in total. The molecule has 6 rings (SSSR count). The van der Waals surface area contributed by atoms with E-state index in [4.69, 9.17) is 32.1 Å². The monoisotopic (exact) mass is 1150 g/mol. The highest BCUT2D eigenvalue weighted by Crippen LogP contribution is 2.25. The minimum Gasteiger partial charge on any atom is -0.445 e.